The van der Waals surface area contributed by atoms with E-state index in [2.05, 4.69) is 5.32 Å². The van der Waals surface area contributed by atoms with Crippen LogP contribution in [0.5, 0.6) is 0 Å². The summed E-state index contributed by atoms with van der Waals surface area (Å²) in [7, 11) is 0. The number of allylic oxidation sites excluding steroid dienone is 3. The van der Waals surface area contributed by atoms with Crippen LogP contribution in [0.3, 0.4) is 0 Å². The van der Waals surface area contributed by atoms with Crippen LogP contribution in [0.4, 0.5) is 4.79 Å². The van der Waals surface area contributed by atoms with Crippen molar-refractivity contribution in [2.45, 2.75) is 32.8 Å². The minimum atomic E-state index is -1.18. The molecule has 0 fully saturated rings. The van der Waals surface area contributed by atoms with Gasteiger partial charge in [0, 0.05) is 6.54 Å². The van der Waals surface area contributed by atoms with E-state index in [0.29, 0.717) is 6.42 Å². The zero-order chi connectivity index (χ0) is 17.8. The van der Waals surface area contributed by atoms with E-state index in [1.807, 2.05) is 36.4 Å². The molecule has 0 heterocycles. The number of carbonyl (C=O) groups excluding carboxylic acids is 1. The summed E-state index contributed by atoms with van der Waals surface area (Å²) in [6.07, 6.45) is 4.95. The molecule has 128 valence electrons. The maximum Gasteiger partial charge on any atom is 0.407 e. The fourth-order valence-corrected chi connectivity index (χ4v) is 2.54. The lowest BCUT2D eigenvalue weighted by molar-refractivity contribution is -0.145. The first kappa shape index (κ1) is 17.8. The van der Waals surface area contributed by atoms with Gasteiger partial charge in [0.25, 0.3) is 0 Å². The van der Waals surface area contributed by atoms with Gasteiger partial charge in [0.2, 0.25) is 0 Å². The Balaban J connectivity index is 2.12. The van der Waals surface area contributed by atoms with Crippen LogP contribution in [0.2, 0.25) is 0 Å². The summed E-state index contributed by atoms with van der Waals surface area (Å²) in [5.74, 6) is -0.976. The predicted molar refractivity (Wildman–Crippen MR) is 92.5 cm³/mol. The molecule has 2 N–H and O–H groups in total. The first-order valence-corrected chi connectivity index (χ1v) is 7.86. The largest absolute Gasteiger partial charge is 0.481 e. The lowest BCUT2D eigenvalue weighted by Gasteiger charge is -2.30. The molecule has 0 spiro atoms. The van der Waals surface area contributed by atoms with Gasteiger partial charge in [-0.05, 0) is 38.3 Å². The number of ether oxygens (including phenoxy) is 1. The molecule has 0 aromatic heterocycles. The van der Waals surface area contributed by atoms with Crippen molar-refractivity contribution in [3.05, 3.63) is 54.1 Å². The van der Waals surface area contributed by atoms with Crippen molar-refractivity contribution in [2.24, 2.45) is 5.41 Å². The van der Waals surface area contributed by atoms with Gasteiger partial charge >= 0.3 is 12.1 Å². The van der Waals surface area contributed by atoms with Crippen LogP contribution in [0.15, 0.2) is 48.6 Å². The van der Waals surface area contributed by atoms with Crippen molar-refractivity contribution in [3.63, 3.8) is 0 Å². The van der Waals surface area contributed by atoms with Gasteiger partial charge in [-0.1, -0.05) is 48.6 Å². The van der Waals surface area contributed by atoms with Crippen LogP contribution in [-0.4, -0.2) is 29.3 Å². The molecule has 0 radical (unpaired) electrons. The highest BCUT2D eigenvalue weighted by molar-refractivity contribution is 5.84. The molecular formula is C19H23NO4. The Morgan fingerprint density at radius 1 is 1.25 bits per heavy atom. The van der Waals surface area contributed by atoms with E-state index in [9.17, 15) is 14.7 Å². The number of carbonyl (C=O) groups is 2. The maximum atomic E-state index is 11.9. The predicted octanol–water partition coefficient (Wildman–Crippen LogP) is 3.63. The normalized spacial score (nSPS) is 20.2. The van der Waals surface area contributed by atoms with Crippen LogP contribution in [0.25, 0.3) is 5.57 Å². The van der Waals surface area contributed by atoms with Gasteiger partial charge in [-0.3, -0.25) is 4.79 Å². The van der Waals surface area contributed by atoms with Crippen molar-refractivity contribution < 1.29 is 19.4 Å². The fraction of sp³-hybridized carbons (Fsp3) is 0.368. The van der Waals surface area contributed by atoms with Crippen molar-refractivity contribution in [1.82, 2.24) is 5.32 Å². The third-order valence-electron chi connectivity index (χ3n) is 3.74. The second-order valence-corrected chi connectivity index (χ2v) is 6.91. The number of amides is 1. The van der Waals surface area contributed by atoms with Crippen molar-refractivity contribution in [2.75, 3.05) is 6.54 Å². The molecule has 5 nitrogen and oxygen atoms in total. The summed E-state index contributed by atoms with van der Waals surface area (Å²) in [4.78, 5) is 23.7. The molecule has 1 aliphatic rings. The monoisotopic (exact) mass is 329 g/mol. The molecule has 1 aromatic carbocycles. The minimum Gasteiger partial charge on any atom is -0.481 e. The number of aliphatic carboxylic acids is 1. The summed E-state index contributed by atoms with van der Waals surface area (Å²) in [5.41, 5.74) is 0.0886. The van der Waals surface area contributed by atoms with Crippen LogP contribution in [0.1, 0.15) is 32.8 Å². The number of benzene rings is 1. The molecule has 24 heavy (non-hydrogen) atoms. The molecule has 0 aliphatic heterocycles. The zero-order valence-electron chi connectivity index (χ0n) is 14.2. The highest BCUT2D eigenvalue weighted by Crippen LogP contribution is 2.36. The van der Waals surface area contributed by atoms with Gasteiger partial charge in [-0.15, -0.1) is 0 Å². The third-order valence-corrected chi connectivity index (χ3v) is 3.74. The van der Waals surface area contributed by atoms with Gasteiger partial charge < -0.3 is 15.2 Å². The quantitative estimate of drug-likeness (QED) is 0.884. The number of nitrogens with one attached hydrogen (secondary N) is 1. The SMILES string of the molecule is CC(C)(C)OC(=O)NCC1(C(=O)O)C=CC=C(c2ccccc2)C1. The summed E-state index contributed by atoms with van der Waals surface area (Å²) in [5, 5.41) is 12.3. The Bertz CT molecular complexity index is 670. The smallest absolute Gasteiger partial charge is 0.407 e. The van der Waals surface area contributed by atoms with Crippen molar-refractivity contribution in [3.8, 4) is 0 Å². The molecule has 1 aliphatic carbocycles. The maximum absolute atomic E-state index is 11.9. The van der Waals surface area contributed by atoms with Crippen LogP contribution in [0, 0.1) is 5.41 Å². The van der Waals surface area contributed by atoms with Crippen LogP contribution >= 0.6 is 0 Å². The molecule has 0 saturated carbocycles. The molecule has 0 saturated heterocycles. The van der Waals surface area contributed by atoms with Crippen molar-refractivity contribution >= 4 is 17.6 Å². The summed E-state index contributed by atoms with van der Waals surface area (Å²) in [6.45, 7) is 5.25. The number of carboxylic acid groups (broad SMARTS) is 1. The van der Waals surface area contributed by atoms with Gasteiger partial charge in [0.1, 0.15) is 11.0 Å². The van der Waals surface area contributed by atoms with E-state index >= 15 is 0 Å². The molecular weight excluding hydrogens is 306 g/mol. The highest BCUT2D eigenvalue weighted by Gasteiger charge is 2.39. The Morgan fingerprint density at radius 3 is 2.50 bits per heavy atom. The number of rotatable bonds is 4. The van der Waals surface area contributed by atoms with Crippen LogP contribution < -0.4 is 5.32 Å². The molecule has 1 atom stereocenters. The summed E-state index contributed by atoms with van der Waals surface area (Å²) < 4.78 is 5.18. The lowest BCUT2D eigenvalue weighted by atomic mass is 9.76. The van der Waals surface area contributed by atoms with E-state index in [1.165, 1.54) is 0 Å². The average molecular weight is 329 g/mol. The standard InChI is InChI=1S/C19H23NO4/c1-18(2,3)24-17(23)20-13-19(16(21)22)11-7-10-15(12-19)14-8-5-4-6-9-14/h4-11H,12-13H2,1-3H3,(H,20,23)(H,21,22). The Morgan fingerprint density at radius 2 is 1.92 bits per heavy atom. The van der Waals surface area contributed by atoms with Gasteiger partial charge in [0.05, 0.1) is 0 Å². The number of carboxylic acids is 1. The zero-order valence-corrected chi connectivity index (χ0v) is 14.2. The number of hydrogen-bond donors (Lipinski definition) is 2. The molecule has 2 rings (SSSR count). The van der Waals surface area contributed by atoms with E-state index in [1.54, 1.807) is 32.9 Å². The van der Waals surface area contributed by atoms with Crippen molar-refractivity contribution in [1.29, 1.82) is 0 Å². The molecule has 1 unspecified atom stereocenters. The first-order chi connectivity index (χ1) is 11.2. The highest BCUT2D eigenvalue weighted by atomic mass is 16.6. The van der Waals surface area contributed by atoms with Crippen LogP contribution in [-0.2, 0) is 9.53 Å². The summed E-state index contributed by atoms with van der Waals surface area (Å²) >= 11 is 0. The van der Waals surface area contributed by atoms with Gasteiger partial charge in [-0.2, -0.15) is 0 Å². The Labute approximate surface area is 142 Å². The van der Waals surface area contributed by atoms with E-state index in [-0.39, 0.29) is 6.54 Å². The molecule has 0 bridgehead atoms. The van der Waals surface area contributed by atoms with Gasteiger partial charge in [-0.25, -0.2) is 4.79 Å². The Hall–Kier alpha value is -2.56. The minimum absolute atomic E-state index is 0.0298. The van der Waals surface area contributed by atoms with E-state index in [0.717, 1.165) is 11.1 Å². The Kier molecular flexibility index (Phi) is 5.12. The third kappa shape index (κ3) is 4.47. The molecule has 1 amide bonds. The topological polar surface area (TPSA) is 75.6 Å². The first-order valence-electron chi connectivity index (χ1n) is 7.86. The number of alkyl carbamates (subject to hydrolysis) is 1. The van der Waals surface area contributed by atoms with E-state index in [4.69, 9.17) is 4.74 Å². The summed E-state index contributed by atoms with van der Waals surface area (Å²) in [6, 6.07) is 9.63. The lowest BCUT2D eigenvalue weighted by Crippen LogP contribution is -2.44. The van der Waals surface area contributed by atoms with Gasteiger partial charge in [0.15, 0.2) is 0 Å². The fourth-order valence-electron chi connectivity index (χ4n) is 2.54. The second kappa shape index (κ2) is 6.91. The van der Waals surface area contributed by atoms with E-state index < -0.39 is 23.1 Å². The molecule has 5 heteroatoms. The second-order valence-electron chi connectivity index (χ2n) is 6.91. The molecule has 1 aromatic rings. The number of hydrogen-bond acceptors (Lipinski definition) is 3. The average Bonchev–Trinajstić information content (AvgIpc) is 2.52.